The first-order valence-electron chi connectivity index (χ1n) is 13.9. The average Bonchev–Trinajstić information content (AvgIpc) is 3.38. The molecule has 1 saturated heterocycles. The molecule has 1 unspecified atom stereocenters. The van der Waals surface area contributed by atoms with Crippen molar-refractivity contribution >= 4 is 38.8 Å². The fraction of sp³-hybridized carbons (Fsp3) is 0.414. The van der Waals surface area contributed by atoms with Crippen LogP contribution in [0.15, 0.2) is 47.5 Å². The summed E-state index contributed by atoms with van der Waals surface area (Å²) in [7, 11) is -0.177. The number of methoxy groups -OCH3 is 1. The van der Waals surface area contributed by atoms with Gasteiger partial charge in [-0.05, 0) is 37.7 Å². The number of carbonyl (C=O) groups is 1. The van der Waals surface area contributed by atoms with Crippen LogP contribution in [-0.4, -0.2) is 99.4 Å². The molecule has 11 nitrogen and oxygen atoms in total. The van der Waals surface area contributed by atoms with Crippen molar-refractivity contribution in [2.75, 3.05) is 69.1 Å². The second-order valence-electron chi connectivity index (χ2n) is 11.0. The number of carbonyl (C=O) groups excluding carboxylic acids is 1. The number of nitrogens with one attached hydrogen (secondary N) is 3. The maximum atomic E-state index is 15.1. The molecule has 3 heterocycles. The van der Waals surface area contributed by atoms with Gasteiger partial charge in [-0.15, -0.1) is 0 Å². The minimum atomic E-state index is -3.81. The van der Waals surface area contributed by atoms with Crippen LogP contribution in [0.4, 0.5) is 31.8 Å². The summed E-state index contributed by atoms with van der Waals surface area (Å²) in [5.74, 6) is -2.47. The monoisotopic (exact) mass is 615 g/mol. The Bertz CT molecular complexity index is 1620. The number of para-hydroxylation sites is 1. The zero-order chi connectivity index (χ0) is 30.9. The number of ether oxygens (including phenoxy) is 1. The van der Waals surface area contributed by atoms with Crippen LogP contribution in [0.25, 0.3) is 0 Å². The molecule has 0 radical (unpaired) electrons. The summed E-state index contributed by atoms with van der Waals surface area (Å²) in [5, 5.41) is 8.99. The molecule has 2 aliphatic heterocycles. The molecule has 14 heteroatoms. The van der Waals surface area contributed by atoms with Crippen LogP contribution in [0, 0.1) is 11.6 Å². The van der Waals surface area contributed by atoms with E-state index in [1.54, 1.807) is 19.2 Å². The Labute approximate surface area is 249 Å². The number of sulfone groups is 1. The number of anilines is 4. The van der Waals surface area contributed by atoms with Crippen molar-refractivity contribution in [1.82, 2.24) is 19.8 Å². The topological polar surface area (TPSA) is 129 Å². The molecule has 1 fully saturated rings. The highest BCUT2D eigenvalue weighted by Crippen LogP contribution is 2.41. The molecule has 43 heavy (non-hydrogen) atoms. The Balaban J connectivity index is 1.39. The molecule has 230 valence electrons. The van der Waals surface area contributed by atoms with Crippen molar-refractivity contribution in [2.45, 2.75) is 29.8 Å². The van der Waals surface area contributed by atoms with Crippen LogP contribution >= 0.6 is 0 Å². The minimum Gasteiger partial charge on any atom is -0.383 e. The first-order valence-corrected chi connectivity index (χ1v) is 15.8. The van der Waals surface area contributed by atoms with Gasteiger partial charge in [0.15, 0.2) is 21.5 Å². The van der Waals surface area contributed by atoms with Crippen molar-refractivity contribution in [3.05, 3.63) is 65.5 Å². The third kappa shape index (κ3) is 6.47. The molecule has 0 spiro atoms. The fourth-order valence-electron chi connectivity index (χ4n) is 5.73. The molecule has 0 aliphatic carbocycles. The second-order valence-corrected chi connectivity index (χ2v) is 12.9. The van der Waals surface area contributed by atoms with E-state index in [-0.39, 0.29) is 35.9 Å². The van der Waals surface area contributed by atoms with E-state index < -0.39 is 38.3 Å². The van der Waals surface area contributed by atoms with Crippen molar-refractivity contribution in [3.8, 4) is 0 Å². The third-order valence-electron chi connectivity index (χ3n) is 7.83. The highest BCUT2D eigenvalue weighted by atomic mass is 32.2. The number of benzene rings is 2. The molecule has 1 amide bonds. The van der Waals surface area contributed by atoms with E-state index >= 15 is 4.39 Å². The Morgan fingerprint density at radius 2 is 1.93 bits per heavy atom. The van der Waals surface area contributed by atoms with Crippen LogP contribution in [0.5, 0.6) is 0 Å². The Morgan fingerprint density at radius 1 is 1.19 bits per heavy atom. The van der Waals surface area contributed by atoms with Gasteiger partial charge in [-0.1, -0.05) is 18.2 Å². The standard InChI is InChI=1S/C29H35F2N7O4S/c1-17-15-37(2)11-12-38(17)23(16-42-3)28(39)34-22-9-5-7-18-19(13-32-27(18)22)26-20(30)14-33-29(36-26)35-21-8-6-10-24(25(21)31)43(4,40)41/h5-10,14,17,19,23,32H,11-13,15-16H2,1-4H3,(H,34,39)(H,33,35,36)/t17-,19?,23-/m1/s1. The molecule has 0 bridgehead atoms. The summed E-state index contributed by atoms with van der Waals surface area (Å²) in [5.41, 5.74) is 1.84. The van der Waals surface area contributed by atoms with Gasteiger partial charge in [-0.25, -0.2) is 27.2 Å². The van der Waals surface area contributed by atoms with Crippen molar-refractivity contribution in [2.24, 2.45) is 0 Å². The predicted octanol–water partition coefficient (Wildman–Crippen LogP) is 3.05. The highest BCUT2D eigenvalue weighted by molar-refractivity contribution is 7.90. The van der Waals surface area contributed by atoms with Gasteiger partial charge in [0.1, 0.15) is 10.9 Å². The Kier molecular flexibility index (Phi) is 8.92. The molecule has 1 aromatic heterocycles. The molecule has 0 saturated carbocycles. The summed E-state index contributed by atoms with van der Waals surface area (Å²) in [4.78, 5) is 25.7. The lowest BCUT2D eigenvalue weighted by Crippen LogP contribution is -2.58. The first kappa shape index (κ1) is 30.7. The van der Waals surface area contributed by atoms with Crippen molar-refractivity contribution < 1.29 is 26.7 Å². The van der Waals surface area contributed by atoms with Crippen LogP contribution in [0.1, 0.15) is 24.1 Å². The van der Waals surface area contributed by atoms with E-state index in [4.69, 9.17) is 4.74 Å². The summed E-state index contributed by atoms with van der Waals surface area (Å²) in [6, 6.07) is 8.96. The lowest BCUT2D eigenvalue weighted by Gasteiger charge is -2.41. The number of rotatable bonds is 9. The Hall–Kier alpha value is -3.72. The molecule has 2 aromatic carbocycles. The van der Waals surface area contributed by atoms with Crippen molar-refractivity contribution in [1.29, 1.82) is 0 Å². The predicted molar refractivity (Wildman–Crippen MR) is 160 cm³/mol. The van der Waals surface area contributed by atoms with Crippen LogP contribution in [0.3, 0.4) is 0 Å². The molecular formula is C29H35F2N7O4S. The third-order valence-corrected chi connectivity index (χ3v) is 8.95. The van der Waals surface area contributed by atoms with E-state index in [2.05, 4.69) is 49.7 Å². The van der Waals surface area contributed by atoms with E-state index in [0.717, 1.165) is 43.7 Å². The summed E-state index contributed by atoms with van der Waals surface area (Å²) in [6.07, 6.45) is 1.90. The fourth-order valence-corrected chi connectivity index (χ4v) is 6.49. The molecule has 2 aliphatic rings. The number of aromatic nitrogens is 2. The maximum absolute atomic E-state index is 15.1. The van der Waals surface area contributed by atoms with Gasteiger partial charge in [-0.2, -0.15) is 0 Å². The number of amides is 1. The normalized spacial score (nSPS) is 19.9. The number of nitrogens with zero attached hydrogens (tertiary/aromatic N) is 4. The second kappa shape index (κ2) is 12.5. The highest BCUT2D eigenvalue weighted by Gasteiger charge is 2.34. The lowest BCUT2D eigenvalue weighted by atomic mass is 9.96. The number of fused-ring (bicyclic) bond motifs is 1. The van der Waals surface area contributed by atoms with Gasteiger partial charge in [-0.3, -0.25) is 9.69 Å². The molecular weight excluding hydrogens is 580 g/mol. The number of piperazine rings is 1. The van der Waals surface area contributed by atoms with Gasteiger partial charge in [0.05, 0.1) is 35.6 Å². The van der Waals surface area contributed by atoms with Gasteiger partial charge < -0.3 is 25.6 Å². The molecule has 3 N–H and O–H groups in total. The van der Waals surface area contributed by atoms with Crippen molar-refractivity contribution in [3.63, 3.8) is 0 Å². The SMILES string of the molecule is COC[C@H](C(=O)Nc1cccc2c1NCC2c1nc(Nc2cccc(S(C)(=O)=O)c2F)ncc1F)N1CCN(C)C[C@H]1C. The first-order chi connectivity index (χ1) is 20.5. The number of likely N-dealkylation sites (N-methyl/N-ethyl adjacent to an activating group) is 1. The summed E-state index contributed by atoms with van der Waals surface area (Å²) >= 11 is 0. The van der Waals surface area contributed by atoms with E-state index in [0.29, 0.717) is 17.9 Å². The molecule has 3 atom stereocenters. The largest absolute Gasteiger partial charge is 0.383 e. The lowest BCUT2D eigenvalue weighted by molar-refractivity contribution is -0.125. The van der Waals surface area contributed by atoms with Crippen LogP contribution in [-0.2, 0) is 19.4 Å². The van der Waals surface area contributed by atoms with E-state index in [9.17, 15) is 17.6 Å². The Morgan fingerprint density at radius 3 is 2.65 bits per heavy atom. The molecule has 5 rings (SSSR count). The maximum Gasteiger partial charge on any atom is 0.244 e. The van der Waals surface area contributed by atoms with Crippen LogP contribution < -0.4 is 16.0 Å². The van der Waals surface area contributed by atoms with E-state index in [1.165, 1.54) is 12.1 Å². The van der Waals surface area contributed by atoms with Gasteiger partial charge in [0, 0.05) is 51.5 Å². The van der Waals surface area contributed by atoms with Gasteiger partial charge in [0.25, 0.3) is 0 Å². The van der Waals surface area contributed by atoms with E-state index in [1.807, 2.05) is 6.07 Å². The minimum absolute atomic E-state index is 0.0652. The zero-order valence-electron chi connectivity index (χ0n) is 24.4. The summed E-state index contributed by atoms with van der Waals surface area (Å²) in [6.45, 7) is 5.05. The van der Waals surface area contributed by atoms with Gasteiger partial charge >= 0.3 is 0 Å². The smallest absolute Gasteiger partial charge is 0.244 e. The van der Waals surface area contributed by atoms with Crippen LogP contribution in [0.2, 0.25) is 0 Å². The summed E-state index contributed by atoms with van der Waals surface area (Å²) < 4.78 is 59.3. The average molecular weight is 616 g/mol. The van der Waals surface area contributed by atoms with Gasteiger partial charge in [0.2, 0.25) is 11.9 Å². The number of hydrogen-bond donors (Lipinski definition) is 3. The zero-order valence-corrected chi connectivity index (χ0v) is 25.2. The number of halogens is 2. The number of hydrogen-bond acceptors (Lipinski definition) is 10. The quantitative estimate of drug-likeness (QED) is 0.331. The molecule has 3 aromatic rings.